The first kappa shape index (κ1) is 21.7. The Kier molecular flexibility index (Phi) is 6.57. The highest BCUT2D eigenvalue weighted by Gasteiger charge is 2.25. The van der Waals surface area contributed by atoms with Crippen LogP contribution in [0.2, 0.25) is 4.34 Å². The van der Waals surface area contributed by atoms with E-state index in [0.717, 1.165) is 21.2 Å². The van der Waals surface area contributed by atoms with Gasteiger partial charge in [0.25, 0.3) is 10.0 Å². The number of methoxy groups -OCH3 is 1. The molecule has 1 aromatic heterocycles. The Bertz CT molecular complexity index is 933. The fraction of sp³-hybridized carbons (Fsp3) is 0.389. The first-order valence-corrected chi connectivity index (χ1v) is 10.8. The van der Waals surface area contributed by atoms with E-state index in [-0.39, 0.29) is 16.2 Å². The van der Waals surface area contributed by atoms with Crippen LogP contribution in [0.5, 0.6) is 5.75 Å². The number of carbonyl (C=O) groups excluding carboxylic acids is 1. The van der Waals surface area contributed by atoms with Crippen LogP contribution in [0.1, 0.15) is 26.3 Å². The van der Waals surface area contributed by atoms with Gasteiger partial charge in [-0.15, -0.1) is 11.3 Å². The van der Waals surface area contributed by atoms with Crippen LogP contribution in [0.25, 0.3) is 0 Å². The Hall–Kier alpha value is -1.61. The molecule has 2 aromatic rings. The molecule has 0 radical (unpaired) electrons. The number of likely N-dealkylation sites (N-methyl/N-ethyl adjacent to an activating group) is 1. The van der Waals surface area contributed by atoms with Gasteiger partial charge >= 0.3 is 0 Å². The van der Waals surface area contributed by atoms with Gasteiger partial charge in [0.1, 0.15) is 9.96 Å². The van der Waals surface area contributed by atoms with Gasteiger partial charge in [0.2, 0.25) is 5.91 Å². The van der Waals surface area contributed by atoms with Gasteiger partial charge in [-0.2, -0.15) is 4.31 Å². The molecule has 0 aliphatic carbocycles. The van der Waals surface area contributed by atoms with Crippen LogP contribution >= 0.6 is 22.9 Å². The van der Waals surface area contributed by atoms with E-state index in [0.29, 0.717) is 15.8 Å². The molecule has 0 aliphatic heterocycles. The van der Waals surface area contributed by atoms with E-state index in [1.165, 1.54) is 26.3 Å². The quantitative estimate of drug-likeness (QED) is 0.752. The highest BCUT2D eigenvalue weighted by molar-refractivity contribution is 7.91. The standard InChI is InChI=1S/C18H23ClN2O4S2/c1-18(2,3)12-6-7-14(25-5)13(10-12)20-16(22)11-21(4)27(23,24)17-9-8-15(19)26-17/h6-10H,11H2,1-5H3,(H,20,22). The van der Waals surface area contributed by atoms with Crippen molar-refractivity contribution in [1.29, 1.82) is 0 Å². The Morgan fingerprint density at radius 2 is 1.93 bits per heavy atom. The van der Waals surface area contributed by atoms with Crippen molar-refractivity contribution in [1.82, 2.24) is 4.31 Å². The van der Waals surface area contributed by atoms with Crippen LogP contribution in [0.4, 0.5) is 5.69 Å². The number of sulfonamides is 1. The smallest absolute Gasteiger partial charge is 0.252 e. The molecule has 9 heteroatoms. The molecule has 1 aromatic carbocycles. The van der Waals surface area contributed by atoms with Gasteiger partial charge < -0.3 is 10.1 Å². The fourth-order valence-corrected chi connectivity index (χ4v) is 5.16. The van der Waals surface area contributed by atoms with Gasteiger partial charge in [-0.3, -0.25) is 4.79 Å². The molecule has 0 atom stereocenters. The molecular weight excluding hydrogens is 408 g/mol. The number of halogens is 1. The minimum Gasteiger partial charge on any atom is -0.495 e. The van der Waals surface area contributed by atoms with Gasteiger partial charge in [-0.05, 0) is 35.2 Å². The maximum absolute atomic E-state index is 12.5. The van der Waals surface area contributed by atoms with Crippen molar-refractivity contribution >= 4 is 44.6 Å². The van der Waals surface area contributed by atoms with Crippen molar-refractivity contribution < 1.29 is 17.9 Å². The molecule has 1 amide bonds. The van der Waals surface area contributed by atoms with Gasteiger partial charge in [-0.25, -0.2) is 8.42 Å². The largest absolute Gasteiger partial charge is 0.495 e. The van der Waals surface area contributed by atoms with E-state index in [1.807, 2.05) is 12.1 Å². The summed E-state index contributed by atoms with van der Waals surface area (Å²) in [6.45, 7) is 5.85. The zero-order valence-electron chi connectivity index (χ0n) is 15.9. The van der Waals surface area contributed by atoms with E-state index in [4.69, 9.17) is 16.3 Å². The van der Waals surface area contributed by atoms with Crippen LogP contribution in [-0.2, 0) is 20.2 Å². The number of rotatable bonds is 6. The van der Waals surface area contributed by atoms with Crippen LogP contribution in [-0.4, -0.2) is 39.3 Å². The molecule has 0 spiro atoms. The second-order valence-corrected chi connectivity index (χ2v) is 11.0. The molecule has 0 fully saturated rings. The summed E-state index contributed by atoms with van der Waals surface area (Å²) in [4.78, 5) is 12.4. The average Bonchev–Trinajstić information content (AvgIpc) is 3.01. The number of nitrogens with zero attached hydrogens (tertiary/aromatic N) is 1. The number of benzene rings is 1. The van der Waals surface area contributed by atoms with Crippen LogP contribution in [0.15, 0.2) is 34.5 Å². The summed E-state index contributed by atoms with van der Waals surface area (Å²) in [5, 5.41) is 2.74. The van der Waals surface area contributed by atoms with Crippen LogP contribution in [0, 0.1) is 0 Å². The Morgan fingerprint density at radius 3 is 2.44 bits per heavy atom. The molecule has 27 heavy (non-hydrogen) atoms. The Labute approximate surface area is 169 Å². The second-order valence-electron chi connectivity index (χ2n) is 7.03. The van der Waals surface area contributed by atoms with E-state index >= 15 is 0 Å². The number of carbonyl (C=O) groups is 1. The Balaban J connectivity index is 2.18. The molecule has 148 valence electrons. The topological polar surface area (TPSA) is 75.7 Å². The van der Waals surface area contributed by atoms with Crippen molar-refractivity contribution in [3.05, 3.63) is 40.2 Å². The number of amides is 1. The summed E-state index contributed by atoms with van der Waals surface area (Å²) in [6.07, 6.45) is 0. The molecule has 1 heterocycles. The minimum atomic E-state index is -3.78. The Morgan fingerprint density at radius 1 is 1.26 bits per heavy atom. The summed E-state index contributed by atoms with van der Waals surface area (Å²) in [6, 6.07) is 8.49. The number of hydrogen-bond donors (Lipinski definition) is 1. The normalized spacial score (nSPS) is 12.3. The minimum absolute atomic E-state index is 0.0927. The van der Waals surface area contributed by atoms with E-state index in [1.54, 1.807) is 6.07 Å². The molecular formula is C18H23ClN2O4S2. The monoisotopic (exact) mass is 430 g/mol. The van der Waals surface area contributed by atoms with Crippen LogP contribution in [0.3, 0.4) is 0 Å². The zero-order valence-corrected chi connectivity index (χ0v) is 18.3. The molecule has 0 unspecified atom stereocenters. The van der Waals surface area contributed by atoms with Gasteiger partial charge in [0.15, 0.2) is 0 Å². The van der Waals surface area contributed by atoms with Gasteiger partial charge in [-0.1, -0.05) is 38.4 Å². The highest BCUT2D eigenvalue weighted by atomic mass is 35.5. The van der Waals surface area contributed by atoms with E-state index in [9.17, 15) is 13.2 Å². The fourth-order valence-electron chi connectivity index (χ4n) is 2.34. The van der Waals surface area contributed by atoms with Crippen molar-refractivity contribution in [3.8, 4) is 5.75 Å². The number of nitrogens with one attached hydrogen (secondary N) is 1. The lowest BCUT2D eigenvalue weighted by Gasteiger charge is -2.22. The molecule has 6 nitrogen and oxygen atoms in total. The van der Waals surface area contributed by atoms with E-state index in [2.05, 4.69) is 26.1 Å². The van der Waals surface area contributed by atoms with Crippen molar-refractivity contribution in [3.63, 3.8) is 0 Å². The predicted octanol–water partition coefficient (Wildman–Crippen LogP) is 3.97. The third-order valence-electron chi connectivity index (χ3n) is 3.92. The first-order valence-electron chi connectivity index (χ1n) is 8.15. The maximum atomic E-state index is 12.5. The lowest BCUT2D eigenvalue weighted by atomic mass is 9.87. The summed E-state index contributed by atoms with van der Waals surface area (Å²) in [5.74, 6) is 0.0417. The van der Waals surface area contributed by atoms with Gasteiger partial charge in [0.05, 0.1) is 23.7 Å². The number of ether oxygens (including phenoxy) is 1. The third kappa shape index (κ3) is 5.22. The summed E-state index contributed by atoms with van der Waals surface area (Å²) in [7, 11) is -0.912. The summed E-state index contributed by atoms with van der Waals surface area (Å²) in [5.41, 5.74) is 1.41. The number of anilines is 1. The molecule has 1 N–H and O–H groups in total. The average molecular weight is 431 g/mol. The third-order valence-corrected chi connectivity index (χ3v) is 7.42. The first-order chi connectivity index (χ1) is 12.4. The zero-order chi connectivity index (χ0) is 20.4. The maximum Gasteiger partial charge on any atom is 0.252 e. The van der Waals surface area contributed by atoms with Crippen molar-refractivity contribution in [2.24, 2.45) is 0 Å². The predicted molar refractivity (Wildman–Crippen MR) is 109 cm³/mol. The summed E-state index contributed by atoms with van der Waals surface area (Å²) < 4.78 is 31.8. The molecule has 2 rings (SSSR count). The molecule has 0 bridgehead atoms. The lowest BCUT2D eigenvalue weighted by Crippen LogP contribution is -2.34. The van der Waals surface area contributed by atoms with Crippen LogP contribution < -0.4 is 10.1 Å². The van der Waals surface area contributed by atoms with Crippen molar-refractivity contribution in [2.75, 3.05) is 26.0 Å². The highest BCUT2D eigenvalue weighted by Crippen LogP contribution is 2.32. The van der Waals surface area contributed by atoms with Gasteiger partial charge in [0, 0.05) is 7.05 Å². The van der Waals surface area contributed by atoms with Crippen molar-refractivity contribution in [2.45, 2.75) is 30.4 Å². The molecule has 0 saturated heterocycles. The molecule has 0 saturated carbocycles. The SMILES string of the molecule is COc1ccc(C(C)(C)C)cc1NC(=O)CN(C)S(=O)(=O)c1ccc(Cl)s1. The lowest BCUT2D eigenvalue weighted by molar-refractivity contribution is -0.116. The second kappa shape index (κ2) is 8.18. The molecule has 0 aliphatic rings. The number of hydrogen-bond acceptors (Lipinski definition) is 5. The number of thiophene rings is 1. The summed E-state index contributed by atoms with van der Waals surface area (Å²) >= 11 is 6.76. The van der Waals surface area contributed by atoms with E-state index < -0.39 is 15.9 Å².